The fourth-order valence-corrected chi connectivity index (χ4v) is 2.92. The molecule has 1 aliphatic heterocycles. The predicted molar refractivity (Wildman–Crippen MR) is 95.9 cm³/mol. The molecule has 0 saturated carbocycles. The Morgan fingerprint density at radius 3 is 2.08 bits per heavy atom. The van der Waals surface area contributed by atoms with Crippen molar-refractivity contribution in [2.45, 2.75) is 39.2 Å². The van der Waals surface area contributed by atoms with E-state index in [-0.39, 0.29) is 17.9 Å². The number of benzene rings is 1. The van der Waals surface area contributed by atoms with E-state index in [9.17, 15) is 14.4 Å². The molecule has 1 unspecified atom stereocenters. The van der Waals surface area contributed by atoms with Crippen LogP contribution in [0.25, 0.3) is 0 Å². The summed E-state index contributed by atoms with van der Waals surface area (Å²) in [6, 6.07) is 9.90. The molecule has 1 saturated heterocycles. The molecular weight excluding hydrogens is 318 g/mol. The van der Waals surface area contributed by atoms with Gasteiger partial charge in [0.25, 0.3) is 0 Å². The Labute approximate surface area is 149 Å². The summed E-state index contributed by atoms with van der Waals surface area (Å²) < 4.78 is 0. The zero-order chi connectivity index (χ0) is 18.4. The Kier molecular flexibility index (Phi) is 6.56. The number of rotatable bonds is 4. The topological polar surface area (TPSA) is 69.7 Å². The Morgan fingerprint density at radius 2 is 1.52 bits per heavy atom. The predicted octanol–water partition coefficient (Wildman–Crippen LogP) is 1.38. The number of carbonyl (C=O) groups excluding carboxylic acids is 3. The third-order valence-corrected chi connectivity index (χ3v) is 4.38. The molecule has 1 fully saturated rings. The van der Waals surface area contributed by atoms with Crippen molar-refractivity contribution in [1.82, 2.24) is 15.1 Å². The summed E-state index contributed by atoms with van der Waals surface area (Å²) in [5.41, 5.74) is 1.15. The molecule has 0 spiro atoms. The third-order valence-electron chi connectivity index (χ3n) is 4.38. The summed E-state index contributed by atoms with van der Waals surface area (Å²) in [4.78, 5) is 39.6. The van der Waals surface area contributed by atoms with Gasteiger partial charge in [-0.1, -0.05) is 37.3 Å². The zero-order valence-corrected chi connectivity index (χ0v) is 15.2. The van der Waals surface area contributed by atoms with Crippen LogP contribution in [-0.4, -0.2) is 59.7 Å². The normalized spacial score (nSPS) is 15.8. The van der Waals surface area contributed by atoms with E-state index in [1.165, 1.54) is 4.90 Å². The second-order valence-electron chi connectivity index (χ2n) is 6.82. The maximum atomic E-state index is 12.5. The standard InChI is InChI=1S/C19H27N3O3/c1-14(2)20-18(24)19(25)22-11-9-21(10-12-22)17(23)13-15(3)16-7-5-4-6-8-16/h4-8,14-15H,9-13H2,1-3H3,(H,20,24). The molecule has 6 nitrogen and oxygen atoms in total. The number of nitrogens with zero attached hydrogens (tertiary/aromatic N) is 2. The zero-order valence-electron chi connectivity index (χ0n) is 15.2. The first-order valence-corrected chi connectivity index (χ1v) is 8.81. The molecule has 1 aromatic rings. The molecule has 0 radical (unpaired) electrons. The number of carbonyl (C=O) groups is 3. The Morgan fingerprint density at radius 1 is 0.960 bits per heavy atom. The summed E-state index contributed by atoms with van der Waals surface area (Å²) in [5.74, 6) is -0.841. The smallest absolute Gasteiger partial charge is 0.312 e. The highest BCUT2D eigenvalue weighted by atomic mass is 16.2. The largest absolute Gasteiger partial charge is 0.346 e. The van der Waals surface area contributed by atoms with Gasteiger partial charge in [0.05, 0.1) is 0 Å². The van der Waals surface area contributed by atoms with Gasteiger partial charge in [-0.3, -0.25) is 14.4 Å². The lowest BCUT2D eigenvalue weighted by Gasteiger charge is -2.35. The van der Waals surface area contributed by atoms with Crippen LogP contribution in [0.3, 0.4) is 0 Å². The van der Waals surface area contributed by atoms with E-state index in [1.54, 1.807) is 4.90 Å². The van der Waals surface area contributed by atoms with Crippen molar-refractivity contribution in [2.75, 3.05) is 26.2 Å². The molecule has 1 aromatic carbocycles. The van der Waals surface area contributed by atoms with Gasteiger partial charge in [-0.15, -0.1) is 0 Å². The summed E-state index contributed by atoms with van der Waals surface area (Å²) in [7, 11) is 0. The molecule has 0 bridgehead atoms. The molecule has 2 rings (SSSR count). The van der Waals surface area contributed by atoms with Gasteiger partial charge in [-0.2, -0.15) is 0 Å². The van der Waals surface area contributed by atoms with Crippen molar-refractivity contribution in [1.29, 1.82) is 0 Å². The van der Waals surface area contributed by atoms with Gasteiger partial charge in [0.15, 0.2) is 0 Å². The molecule has 25 heavy (non-hydrogen) atoms. The Bertz CT molecular complexity index is 608. The fourth-order valence-electron chi connectivity index (χ4n) is 2.92. The molecule has 6 heteroatoms. The average Bonchev–Trinajstić information content (AvgIpc) is 2.61. The van der Waals surface area contributed by atoms with Crippen LogP contribution in [0, 0.1) is 0 Å². The molecule has 1 heterocycles. The number of piperazine rings is 1. The molecule has 1 N–H and O–H groups in total. The van der Waals surface area contributed by atoms with Crippen LogP contribution in [0.4, 0.5) is 0 Å². The van der Waals surface area contributed by atoms with Crippen LogP contribution >= 0.6 is 0 Å². The maximum absolute atomic E-state index is 12.5. The van der Waals surface area contributed by atoms with Gasteiger partial charge in [0.2, 0.25) is 5.91 Å². The first-order chi connectivity index (χ1) is 11.9. The minimum atomic E-state index is -0.576. The van der Waals surface area contributed by atoms with E-state index in [2.05, 4.69) is 5.32 Å². The number of nitrogens with one attached hydrogen (secondary N) is 1. The van der Waals surface area contributed by atoms with Crippen molar-refractivity contribution >= 4 is 17.7 Å². The van der Waals surface area contributed by atoms with Crippen molar-refractivity contribution in [3.8, 4) is 0 Å². The van der Waals surface area contributed by atoms with E-state index in [0.29, 0.717) is 32.6 Å². The highest BCUT2D eigenvalue weighted by Gasteiger charge is 2.28. The van der Waals surface area contributed by atoms with E-state index < -0.39 is 11.8 Å². The summed E-state index contributed by atoms with van der Waals surface area (Å²) in [6.07, 6.45) is 0.450. The molecule has 3 amide bonds. The third kappa shape index (κ3) is 5.31. The number of hydrogen-bond donors (Lipinski definition) is 1. The van der Waals surface area contributed by atoms with Gasteiger partial charge < -0.3 is 15.1 Å². The molecule has 0 aliphatic carbocycles. The second-order valence-corrected chi connectivity index (χ2v) is 6.82. The highest BCUT2D eigenvalue weighted by molar-refractivity contribution is 6.35. The summed E-state index contributed by atoms with van der Waals surface area (Å²) >= 11 is 0. The van der Waals surface area contributed by atoms with Crippen LogP contribution in [0.15, 0.2) is 30.3 Å². The summed E-state index contributed by atoms with van der Waals surface area (Å²) in [5, 5.41) is 2.61. The van der Waals surface area contributed by atoms with Gasteiger partial charge in [0, 0.05) is 38.6 Å². The van der Waals surface area contributed by atoms with Crippen molar-refractivity contribution in [2.24, 2.45) is 0 Å². The molecule has 1 atom stereocenters. The Hall–Kier alpha value is -2.37. The van der Waals surface area contributed by atoms with E-state index in [4.69, 9.17) is 0 Å². The van der Waals surface area contributed by atoms with Crippen molar-refractivity contribution < 1.29 is 14.4 Å². The minimum Gasteiger partial charge on any atom is -0.346 e. The molecule has 136 valence electrons. The molecule has 1 aliphatic rings. The van der Waals surface area contributed by atoms with E-state index in [0.717, 1.165) is 5.56 Å². The van der Waals surface area contributed by atoms with Crippen molar-refractivity contribution in [3.05, 3.63) is 35.9 Å². The van der Waals surface area contributed by atoms with Gasteiger partial charge in [-0.05, 0) is 25.3 Å². The number of hydrogen-bond acceptors (Lipinski definition) is 3. The van der Waals surface area contributed by atoms with Gasteiger partial charge >= 0.3 is 11.8 Å². The Balaban J connectivity index is 1.82. The van der Waals surface area contributed by atoms with Crippen molar-refractivity contribution in [3.63, 3.8) is 0 Å². The lowest BCUT2D eigenvalue weighted by atomic mass is 9.97. The van der Waals surface area contributed by atoms with E-state index >= 15 is 0 Å². The summed E-state index contributed by atoms with van der Waals surface area (Å²) in [6.45, 7) is 7.42. The lowest BCUT2D eigenvalue weighted by molar-refractivity contribution is -0.148. The molecule has 0 aromatic heterocycles. The SMILES string of the molecule is CC(C)NC(=O)C(=O)N1CCN(C(=O)CC(C)c2ccccc2)CC1. The van der Waals surface area contributed by atoms with Crippen LogP contribution in [0.1, 0.15) is 38.7 Å². The quantitative estimate of drug-likeness (QED) is 0.838. The monoisotopic (exact) mass is 345 g/mol. The fraction of sp³-hybridized carbons (Fsp3) is 0.526. The first kappa shape index (κ1) is 19.0. The number of amides is 3. The maximum Gasteiger partial charge on any atom is 0.312 e. The first-order valence-electron chi connectivity index (χ1n) is 8.81. The van der Waals surface area contributed by atoms with Crippen LogP contribution in [0.2, 0.25) is 0 Å². The lowest BCUT2D eigenvalue weighted by Crippen LogP contribution is -2.54. The van der Waals surface area contributed by atoms with Crippen LogP contribution < -0.4 is 5.32 Å². The molecular formula is C19H27N3O3. The minimum absolute atomic E-state index is 0.0706. The van der Waals surface area contributed by atoms with E-state index in [1.807, 2.05) is 51.1 Å². The van der Waals surface area contributed by atoms with Gasteiger partial charge in [0.1, 0.15) is 0 Å². The van der Waals surface area contributed by atoms with Crippen LogP contribution in [-0.2, 0) is 14.4 Å². The van der Waals surface area contributed by atoms with Gasteiger partial charge in [-0.25, -0.2) is 0 Å². The highest BCUT2D eigenvalue weighted by Crippen LogP contribution is 2.20. The second kappa shape index (κ2) is 8.65. The average molecular weight is 345 g/mol. The van der Waals surface area contributed by atoms with Crippen LogP contribution in [0.5, 0.6) is 0 Å².